The first-order valence-electron chi connectivity index (χ1n) is 7.85. The molecule has 3 heterocycles. The van der Waals surface area contributed by atoms with E-state index in [9.17, 15) is 9.18 Å². The molecule has 4 rings (SSSR count). The first-order chi connectivity index (χ1) is 12.9. The minimum atomic E-state index is -0.971. The summed E-state index contributed by atoms with van der Waals surface area (Å²) in [5.41, 5.74) is 0.243. The smallest absolute Gasteiger partial charge is 0.412 e. The van der Waals surface area contributed by atoms with Gasteiger partial charge in [-0.1, -0.05) is 39.3 Å². The van der Waals surface area contributed by atoms with E-state index in [-0.39, 0.29) is 10.9 Å². The maximum atomic E-state index is 14.5. The summed E-state index contributed by atoms with van der Waals surface area (Å²) in [5.74, 6) is 0.293. The molecule has 1 aromatic carbocycles. The molecule has 1 atom stereocenters. The molecule has 1 spiro atoms. The molecular weight excluding hydrogens is 461 g/mol. The summed E-state index contributed by atoms with van der Waals surface area (Å²) in [7, 11) is 1.27. The topological polar surface area (TPSA) is 72.8 Å². The molecule has 0 radical (unpaired) electrons. The van der Waals surface area contributed by atoms with Crippen molar-refractivity contribution < 1.29 is 18.7 Å². The number of amidine groups is 1. The van der Waals surface area contributed by atoms with Crippen molar-refractivity contribution in [3.8, 4) is 11.5 Å². The number of aromatic nitrogens is 1. The summed E-state index contributed by atoms with van der Waals surface area (Å²) in [6.45, 7) is 0. The number of rotatable bonds is 0. The third kappa shape index (κ3) is 3.17. The minimum absolute atomic E-state index is 0.00331. The number of thioether (sulfide) groups is 1. The van der Waals surface area contributed by atoms with Crippen LogP contribution in [-0.2, 0) is 10.3 Å². The average Bonchev–Trinajstić information content (AvgIpc) is 2.64. The predicted molar refractivity (Wildman–Crippen MR) is 104 cm³/mol. The molecule has 6 nitrogen and oxygen atoms in total. The van der Waals surface area contributed by atoms with E-state index in [0.717, 1.165) is 10.0 Å². The van der Waals surface area contributed by atoms with Crippen LogP contribution in [0.15, 0.2) is 33.7 Å². The number of pyridine rings is 1. The van der Waals surface area contributed by atoms with Crippen molar-refractivity contribution in [1.29, 1.82) is 0 Å². The number of carbonyl (C=O) groups is 1. The normalized spacial score (nSPS) is 20.2. The maximum Gasteiger partial charge on any atom is 0.412 e. The fourth-order valence-corrected chi connectivity index (χ4v) is 4.71. The Morgan fingerprint density at radius 1 is 1.44 bits per heavy atom. The molecule has 1 aromatic heterocycles. The summed E-state index contributed by atoms with van der Waals surface area (Å²) in [6, 6.07) is 6.97. The predicted octanol–water partition coefficient (Wildman–Crippen LogP) is 4.83. The second-order valence-corrected chi connectivity index (χ2v) is 8.23. The number of methoxy groups -OCH3 is 1. The summed E-state index contributed by atoms with van der Waals surface area (Å²) in [5, 5.41) is 2.98. The van der Waals surface area contributed by atoms with Gasteiger partial charge < -0.3 is 9.47 Å². The molecule has 0 saturated carbocycles. The van der Waals surface area contributed by atoms with Gasteiger partial charge >= 0.3 is 6.09 Å². The van der Waals surface area contributed by atoms with Crippen molar-refractivity contribution in [2.75, 3.05) is 12.9 Å². The molecule has 0 bridgehead atoms. The molecule has 0 saturated heterocycles. The van der Waals surface area contributed by atoms with Gasteiger partial charge in [-0.05, 0) is 30.7 Å². The monoisotopic (exact) mass is 471 g/mol. The number of amides is 1. The van der Waals surface area contributed by atoms with Crippen LogP contribution in [0.25, 0.3) is 0 Å². The molecular formula is C17H12BrClFN3O3S. The highest BCUT2D eigenvalue weighted by atomic mass is 79.9. The molecule has 2 aliphatic rings. The lowest BCUT2D eigenvalue weighted by Gasteiger charge is -2.39. The van der Waals surface area contributed by atoms with E-state index in [1.54, 1.807) is 18.2 Å². The zero-order valence-electron chi connectivity index (χ0n) is 13.9. The fourth-order valence-electron chi connectivity index (χ4n) is 3.20. The lowest BCUT2D eigenvalue weighted by atomic mass is 9.79. The first kappa shape index (κ1) is 18.5. The van der Waals surface area contributed by atoms with E-state index in [4.69, 9.17) is 21.3 Å². The molecule has 0 fully saturated rings. The number of carbonyl (C=O) groups excluding carboxylic acids is 1. The molecule has 1 N–H and O–H groups in total. The summed E-state index contributed by atoms with van der Waals surface area (Å²) < 4.78 is 25.8. The van der Waals surface area contributed by atoms with Gasteiger partial charge in [-0.2, -0.15) is 4.39 Å². The van der Waals surface area contributed by atoms with E-state index in [0.29, 0.717) is 28.7 Å². The Labute approximate surface area is 171 Å². The molecule has 10 heteroatoms. The van der Waals surface area contributed by atoms with Gasteiger partial charge in [0.05, 0.1) is 7.11 Å². The molecule has 2 aliphatic heterocycles. The number of nitrogens with zero attached hydrogens (tertiary/aromatic N) is 2. The molecule has 27 heavy (non-hydrogen) atoms. The lowest BCUT2D eigenvalue weighted by molar-refractivity contribution is 0.177. The second-order valence-electron chi connectivity index (χ2n) is 5.85. The van der Waals surface area contributed by atoms with E-state index in [1.807, 2.05) is 6.07 Å². The Bertz CT molecular complexity index is 990. The van der Waals surface area contributed by atoms with Gasteiger partial charge in [-0.15, -0.1) is 0 Å². The van der Waals surface area contributed by atoms with Crippen LogP contribution in [0.4, 0.5) is 9.18 Å². The first-order valence-corrected chi connectivity index (χ1v) is 10.0. The van der Waals surface area contributed by atoms with Gasteiger partial charge in [0, 0.05) is 21.4 Å². The Kier molecular flexibility index (Phi) is 4.77. The number of fused-ring (bicyclic) bond motifs is 4. The highest BCUT2D eigenvalue weighted by Crippen LogP contribution is 2.54. The van der Waals surface area contributed by atoms with Crippen molar-refractivity contribution in [1.82, 2.24) is 10.3 Å². The summed E-state index contributed by atoms with van der Waals surface area (Å²) in [4.78, 5) is 20.1. The highest BCUT2D eigenvalue weighted by molar-refractivity contribution is 9.10. The summed E-state index contributed by atoms with van der Waals surface area (Å²) in [6.07, 6.45) is -0.0668. The van der Waals surface area contributed by atoms with Crippen LogP contribution in [0.2, 0.25) is 5.15 Å². The van der Waals surface area contributed by atoms with Gasteiger partial charge in [-0.3, -0.25) is 5.32 Å². The largest absolute Gasteiger partial charge is 0.453 e. The van der Waals surface area contributed by atoms with Crippen molar-refractivity contribution in [2.45, 2.75) is 12.0 Å². The van der Waals surface area contributed by atoms with Crippen LogP contribution in [0.3, 0.4) is 0 Å². The Morgan fingerprint density at radius 3 is 3.04 bits per heavy atom. The van der Waals surface area contributed by atoms with Gasteiger partial charge in [0.25, 0.3) is 5.95 Å². The number of aliphatic imine (C=N–C) groups is 1. The number of hydrogen-bond acceptors (Lipinski definition) is 6. The maximum absolute atomic E-state index is 14.5. The van der Waals surface area contributed by atoms with Gasteiger partial charge in [0.2, 0.25) is 0 Å². The van der Waals surface area contributed by atoms with Crippen molar-refractivity contribution in [2.24, 2.45) is 4.99 Å². The van der Waals surface area contributed by atoms with Crippen molar-refractivity contribution in [3.05, 3.63) is 51.0 Å². The standard InChI is InChI=1S/C17H12BrClFN3O3S/c1-25-16(24)22-15-23-17(4-5-27-15)9-6-8(18)2-3-11(9)26-13-10(17)7-12(19)21-14(13)20/h2-3,6-7H,4-5H2,1H3,(H,22,23,24). The fraction of sp³-hybridized carbons (Fsp3) is 0.235. The average molecular weight is 473 g/mol. The molecule has 0 aliphatic carbocycles. The van der Waals surface area contributed by atoms with Crippen LogP contribution >= 0.6 is 39.3 Å². The van der Waals surface area contributed by atoms with Gasteiger partial charge in [0.15, 0.2) is 10.9 Å². The van der Waals surface area contributed by atoms with E-state index < -0.39 is 17.6 Å². The van der Waals surface area contributed by atoms with Gasteiger partial charge in [-0.25, -0.2) is 14.8 Å². The lowest BCUT2D eigenvalue weighted by Crippen LogP contribution is -2.39. The van der Waals surface area contributed by atoms with E-state index >= 15 is 0 Å². The van der Waals surface area contributed by atoms with Crippen LogP contribution in [-0.4, -0.2) is 29.1 Å². The minimum Gasteiger partial charge on any atom is -0.453 e. The molecule has 1 amide bonds. The van der Waals surface area contributed by atoms with Crippen LogP contribution in [0, 0.1) is 5.95 Å². The highest BCUT2D eigenvalue weighted by Gasteiger charge is 2.46. The Balaban J connectivity index is 1.97. The zero-order chi connectivity index (χ0) is 19.2. The van der Waals surface area contributed by atoms with Crippen LogP contribution in [0.1, 0.15) is 17.5 Å². The third-order valence-electron chi connectivity index (χ3n) is 4.33. The number of nitrogens with one attached hydrogen (secondary N) is 1. The summed E-state index contributed by atoms with van der Waals surface area (Å²) >= 11 is 10.9. The quantitative estimate of drug-likeness (QED) is 0.556. The second kappa shape index (κ2) is 6.96. The molecule has 2 aromatic rings. The Morgan fingerprint density at radius 2 is 2.26 bits per heavy atom. The number of alkyl carbamates (subject to hydrolysis) is 1. The third-order valence-corrected chi connectivity index (χ3v) is 5.90. The van der Waals surface area contributed by atoms with Crippen molar-refractivity contribution >= 4 is 50.6 Å². The van der Waals surface area contributed by atoms with Crippen LogP contribution in [0.5, 0.6) is 11.5 Å². The number of ether oxygens (including phenoxy) is 2. The number of benzene rings is 1. The molecule has 140 valence electrons. The zero-order valence-corrected chi connectivity index (χ0v) is 17.0. The Hall–Kier alpha value is -1.84. The molecule has 1 unspecified atom stereocenters. The SMILES string of the molecule is COC(=O)NC1=NC2(CCS1)c1cc(Br)ccc1Oc1c2cc(Cl)nc1F. The van der Waals surface area contributed by atoms with Gasteiger partial charge in [0.1, 0.15) is 16.4 Å². The number of halogens is 3. The number of hydrogen-bond donors (Lipinski definition) is 1. The van der Waals surface area contributed by atoms with Crippen molar-refractivity contribution in [3.63, 3.8) is 0 Å². The van der Waals surface area contributed by atoms with E-state index in [2.05, 4.69) is 31.0 Å². The van der Waals surface area contributed by atoms with Crippen LogP contribution < -0.4 is 10.1 Å². The van der Waals surface area contributed by atoms with E-state index in [1.165, 1.54) is 18.9 Å².